The first-order valence-corrected chi connectivity index (χ1v) is 10.9. The molecule has 0 bridgehead atoms. The van der Waals surface area contributed by atoms with Crippen LogP contribution in [0.15, 0.2) is 51.4 Å². The van der Waals surface area contributed by atoms with Crippen molar-refractivity contribution in [2.45, 2.75) is 13.5 Å². The number of nitrogens with zero attached hydrogens (tertiary/aromatic N) is 4. The summed E-state index contributed by atoms with van der Waals surface area (Å²) in [6, 6.07) is 10.1. The van der Waals surface area contributed by atoms with Crippen LogP contribution >= 0.6 is 22.9 Å². The van der Waals surface area contributed by atoms with E-state index in [1.165, 1.54) is 17.4 Å². The van der Waals surface area contributed by atoms with Crippen molar-refractivity contribution >= 4 is 46.0 Å². The van der Waals surface area contributed by atoms with E-state index in [0.29, 0.717) is 35.0 Å². The zero-order chi connectivity index (χ0) is 22.7. The number of aromatic hydroxyl groups is 1. The normalized spacial score (nSPS) is 14.7. The lowest BCUT2D eigenvalue weighted by atomic mass is 10.1. The molecule has 7 nitrogen and oxygen atoms in total. The molecular formula is C22H19ClFN5O2S. The number of hydrogen-bond acceptors (Lipinski definition) is 6. The van der Waals surface area contributed by atoms with Crippen molar-refractivity contribution in [1.29, 1.82) is 0 Å². The van der Waals surface area contributed by atoms with Gasteiger partial charge in [0.2, 0.25) is 17.7 Å². The molecule has 0 saturated heterocycles. The van der Waals surface area contributed by atoms with Crippen LogP contribution in [-0.4, -0.2) is 35.6 Å². The van der Waals surface area contributed by atoms with Crippen molar-refractivity contribution in [3.05, 3.63) is 73.8 Å². The largest absolute Gasteiger partial charge is 0.492 e. The molecule has 2 heterocycles. The number of benzene rings is 2. The lowest BCUT2D eigenvalue weighted by Gasteiger charge is -2.11. The monoisotopic (exact) mass is 471 g/mol. The second kappa shape index (κ2) is 9.46. The van der Waals surface area contributed by atoms with Crippen LogP contribution in [0.3, 0.4) is 0 Å². The average Bonchev–Trinajstić information content (AvgIpc) is 3.14. The summed E-state index contributed by atoms with van der Waals surface area (Å²) in [5.41, 5.74) is 1.55. The highest BCUT2D eigenvalue weighted by Crippen LogP contribution is 2.29. The molecule has 0 radical (unpaired) electrons. The maximum Gasteiger partial charge on any atom is 0.248 e. The molecule has 4 rings (SSSR count). The van der Waals surface area contributed by atoms with Gasteiger partial charge in [0.1, 0.15) is 5.82 Å². The quantitative estimate of drug-likeness (QED) is 0.596. The third kappa shape index (κ3) is 4.79. The summed E-state index contributed by atoms with van der Waals surface area (Å²) in [7, 11) is 1.63. The molecule has 0 amide bonds. The van der Waals surface area contributed by atoms with Gasteiger partial charge in [0.05, 0.1) is 27.4 Å². The van der Waals surface area contributed by atoms with E-state index in [-0.39, 0.29) is 10.9 Å². The minimum atomic E-state index is -0.465. The van der Waals surface area contributed by atoms with Gasteiger partial charge >= 0.3 is 0 Å². The fraction of sp³-hybridized carbons (Fsp3) is 0.182. The van der Waals surface area contributed by atoms with Crippen molar-refractivity contribution in [2.24, 2.45) is 15.0 Å². The second-order valence-electron chi connectivity index (χ2n) is 6.72. The van der Waals surface area contributed by atoms with Gasteiger partial charge < -0.3 is 15.2 Å². The fourth-order valence-corrected chi connectivity index (χ4v) is 4.03. The summed E-state index contributed by atoms with van der Waals surface area (Å²) in [4.78, 5) is 17.5. The zero-order valence-electron chi connectivity index (χ0n) is 17.3. The number of fused-ring (bicyclic) bond motifs is 1. The van der Waals surface area contributed by atoms with Crippen molar-refractivity contribution in [2.75, 3.05) is 19.0 Å². The van der Waals surface area contributed by atoms with Gasteiger partial charge in [0, 0.05) is 13.6 Å². The predicted molar refractivity (Wildman–Crippen MR) is 125 cm³/mol. The van der Waals surface area contributed by atoms with Crippen molar-refractivity contribution in [1.82, 2.24) is 4.98 Å². The summed E-state index contributed by atoms with van der Waals surface area (Å²) in [6.45, 7) is 2.74. The number of aromatic nitrogens is 1. The highest BCUT2D eigenvalue weighted by molar-refractivity contribution is 7.16. The van der Waals surface area contributed by atoms with Crippen molar-refractivity contribution < 1.29 is 14.2 Å². The maximum absolute atomic E-state index is 13.3. The van der Waals surface area contributed by atoms with Gasteiger partial charge in [0.25, 0.3) is 0 Å². The third-order valence-electron chi connectivity index (χ3n) is 4.51. The van der Waals surface area contributed by atoms with Gasteiger partial charge in [-0.3, -0.25) is 4.99 Å². The Balaban J connectivity index is 1.60. The van der Waals surface area contributed by atoms with E-state index in [4.69, 9.17) is 16.3 Å². The van der Waals surface area contributed by atoms with Crippen molar-refractivity contribution in [3.8, 4) is 5.88 Å². The Bertz CT molecular complexity index is 1350. The van der Waals surface area contributed by atoms with E-state index in [9.17, 15) is 9.50 Å². The molecule has 164 valence electrons. The Kier molecular flexibility index (Phi) is 6.48. The Hall–Kier alpha value is -3.30. The summed E-state index contributed by atoms with van der Waals surface area (Å²) in [5.74, 6) is 0.266. The minimum absolute atomic E-state index is 0.0618. The number of thiazole rings is 1. The smallest absolute Gasteiger partial charge is 0.248 e. The van der Waals surface area contributed by atoms with Gasteiger partial charge in [0.15, 0.2) is 5.13 Å². The number of aliphatic imine (C=N–C) groups is 2. The molecule has 1 aliphatic heterocycles. The average molecular weight is 472 g/mol. The number of rotatable bonds is 5. The summed E-state index contributed by atoms with van der Waals surface area (Å²) in [6.07, 6.45) is 1.82. The van der Waals surface area contributed by atoms with Crippen molar-refractivity contribution in [3.63, 3.8) is 0 Å². The highest BCUT2D eigenvalue weighted by atomic mass is 35.5. The van der Waals surface area contributed by atoms with Crippen LogP contribution in [0.2, 0.25) is 5.02 Å². The molecule has 0 spiro atoms. The minimum Gasteiger partial charge on any atom is -0.492 e. The van der Waals surface area contributed by atoms with Crippen LogP contribution in [0, 0.1) is 5.82 Å². The topological polar surface area (TPSA) is 91.5 Å². The number of ether oxygens (including phenoxy) is 1. The third-order valence-corrected chi connectivity index (χ3v) is 5.75. The molecule has 10 heteroatoms. The van der Waals surface area contributed by atoms with Gasteiger partial charge in [-0.2, -0.15) is 9.98 Å². The lowest BCUT2D eigenvalue weighted by Crippen LogP contribution is -2.27. The van der Waals surface area contributed by atoms with E-state index in [2.05, 4.69) is 25.3 Å². The molecular weight excluding hydrogens is 453 g/mol. The molecule has 1 aromatic heterocycles. The number of nitrogens with one attached hydrogen (secondary N) is 1. The highest BCUT2D eigenvalue weighted by Gasteiger charge is 2.15. The summed E-state index contributed by atoms with van der Waals surface area (Å²) >= 11 is 7.12. The van der Waals surface area contributed by atoms with E-state index in [1.54, 1.807) is 19.2 Å². The SMILES string of the molecule is CCOC1=NC(=NC)N=c2ccc(=Cc3sc(NCc4ccc(F)c(Cl)c4)nc3O)cc21. The molecule has 0 aliphatic carbocycles. The molecule has 32 heavy (non-hydrogen) atoms. The first kappa shape index (κ1) is 21.9. The van der Waals surface area contributed by atoms with Crippen LogP contribution in [0.4, 0.5) is 9.52 Å². The molecule has 1 aliphatic rings. The first-order valence-electron chi connectivity index (χ1n) is 9.73. The molecule has 0 fully saturated rings. The molecule has 0 unspecified atom stereocenters. The van der Waals surface area contributed by atoms with Crippen LogP contribution in [0.1, 0.15) is 22.9 Å². The van der Waals surface area contributed by atoms with Crippen LogP contribution < -0.4 is 15.9 Å². The maximum atomic E-state index is 13.3. The van der Waals surface area contributed by atoms with Gasteiger partial charge in [-0.25, -0.2) is 9.38 Å². The second-order valence-corrected chi connectivity index (χ2v) is 8.15. The molecule has 2 aromatic carbocycles. The zero-order valence-corrected chi connectivity index (χ0v) is 18.8. The van der Waals surface area contributed by atoms with E-state index in [1.807, 2.05) is 31.2 Å². The number of halogens is 2. The first-order chi connectivity index (χ1) is 15.5. The van der Waals surface area contributed by atoms with Crippen LogP contribution in [-0.2, 0) is 11.3 Å². The summed E-state index contributed by atoms with van der Waals surface area (Å²) < 4.78 is 19.0. The molecule has 3 aromatic rings. The number of guanidine groups is 1. The van der Waals surface area contributed by atoms with Gasteiger partial charge in [-0.15, -0.1) is 0 Å². The standard InChI is InChI=1S/C22H19ClFN5O2S/c1-3-31-20-14-8-12(5-7-17(14)27-21(25-2)29-20)10-18-19(30)28-22(32-18)26-11-13-4-6-16(24)15(23)9-13/h4-10,30H,3,11H2,1-2H3,(H,26,28). The van der Waals surface area contributed by atoms with Crippen LogP contribution in [0.5, 0.6) is 5.88 Å². The van der Waals surface area contributed by atoms with Crippen LogP contribution in [0.25, 0.3) is 6.08 Å². The number of hydrogen-bond donors (Lipinski definition) is 2. The van der Waals surface area contributed by atoms with Gasteiger partial charge in [-0.05, 0) is 48.0 Å². The molecule has 0 saturated carbocycles. The Morgan fingerprint density at radius 2 is 2.09 bits per heavy atom. The molecule has 0 atom stereocenters. The predicted octanol–water partition coefficient (Wildman–Crippen LogP) is 3.48. The Morgan fingerprint density at radius 1 is 1.25 bits per heavy atom. The Labute approximate surface area is 192 Å². The van der Waals surface area contributed by atoms with E-state index < -0.39 is 5.82 Å². The molecule has 2 N–H and O–H groups in total. The lowest BCUT2D eigenvalue weighted by molar-refractivity contribution is 0.328. The number of anilines is 1. The Morgan fingerprint density at radius 3 is 2.84 bits per heavy atom. The fourth-order valence-electron chi connectivity index (χ4n) is 3.01. The van der Waals surface area contributed by atoms with E-state index in [0.717, 1.165) is 21.7 Å². The summed E-state index contributed by atoms with van der Waals surface area (Å²) in [5, 5.41) is 15.5. The van der Waals surface area contributed by atoms with E-state index >= 15 is 0 Å². The van der Waals surface area contributed by atoms with Gasteiger partial charge in [-0.1, -0.05) is 35.1 Å².